The smallest absolute Gasteiger partial charge is 0.216 e. The number of nitrogens with zero attached hydrogens (tertiary/aromatic N) is 2. The minimum absolute atomic E-state index is 0.0960. The molecule has 0 spiro atoms. The van der Waals surface area contributed by atoms with Gasteiger partial charge >= 0.3 is 0 Å². The van der Waals surface area contributed by atoms with E-state index in [1.807, 2.05) is 0 Å². The molecule has 0 N–H and O–H groups in total. The van der Waals surface area contributed by atoms with E-state index < -0.39 is 10.0 Å². The number of rotatable bonds is 4. The Morgan fingerprint density at radius 2 is 1.76 bits per heavy atom. The lowest BCUT2D eigenvalue weighted by Crippen LogP contribution is -2.37. The minimum Gasteiger partial charge on any atom is -0.381 e. The van der Waals surface area contributed by atoms with Gasteiger partial charge in [0, 0.05) is 33.3 Å². The van der Waals surface area contributed by atoms with E-state index in [-0.39, 0.29) is 11.9 Å². The highest BCUT2D eigenvalue weighted by Crippen LogP contribution is 2.31. The van der Waals surface area contributed by atoms with Crippen LogP contribution in [0.4, 0.5) is 0 Å². The third-order valence-corrected chi connectivity index (χ3v) is 5.85. The summed E-state index contributed by atoms with van der Waals surface area (Å²) in [5.74, 6) is 1.14. The van der Waals surface area contributed by atoms with Crippen LogP contribution in [-0.4, -0.2) is 69.8 Å². The molecule has 0 amide bonds. The Balaban J connectivity index is 1.97. The normalized spacial score (nSPS) is 32.9. The molecule has 0 aromatic carbocycles. The minimum atomic E-state index is -3.14. The van der Waals surface area contributed by atoms with Crippen LogP contribution in [0.3, 0.4) is 0 Å². The van der Waals surface area contributed by atoms with Crippen LogP contribution in [0.1, 0.15) is 6.92 Å². The van der Waals surface area contributed by atoms with Gasteiger partial charge in [-0.25, -0.2) is 12.7 Å². The Kier molecular flexibility index (Phi) is 3.77. The zero-order valence-electron chi connectivity index (χ0n) is 10.8. The molecule has 2 fully saturated rings. The summed E-state index contributed by atoms with van der Waals surface area (Å²) in [6.07, 6.45) is -0.233. The lowest BCUT2D eigenvalue weighted by Gasteiger charge is -2.20. The lowest BCUT2D eigenvalue weighted by atomic mass is 10.0. The van der Waals surface area contributed by atoms with Gasteiger partial charge in [-0.05, 0) is 25.8 Å². The number of hydrogen-bond donors (Lipinski definition) is 0. The van der Waals surface area contributed by atoms with E-state index in [4.69, 9.17) is 4.74 Å². The van der Waals surface area contributed by atoms with Crippen molar-refractivity contribution in [2.75, 3.05) is 46.1 Å². The molecule has 5 nitrogen and oxygen atoms in total. The second-order valence-electron chi connectivity index (χ2n) is 5.38. The molecule has 2 heterocycles. The molecule has 0 saturated carbocycles. The van der Waals surface area contributed by atoms with Crippen molar-refractivity contribution in [2.24, 2.45) is 11.8 Å². The summed E-state index contributed by atoms with van der Waals surface area (Å²) in [4.78, 5) is 2.29. The molecular weight excluding hydrogens is 240 g/mol. The monoisotopic (exact) mass is 262 g/mol. The van der Waals surface area contributed by atoms with E-state index in [2.05, 4.69) is 11.9 Å². The second kappa shape index (κ2) is 4.84. The van der Waals surface area contributed by atoms with Gasteiger partial charge in [0.15, 0.2) is 0 Å². The van der Waals surface area contributed by atoms with Crippen LogP contribution in [0.25, 0.3) is 0 Å². The van der Waals surface area contributed by atoms with Crippen LogP contribution >= 0.6 is 0 Å². The van der Waals surface area contributed by atoms with Crippen molar-refractivity contribution in [3.05, 3.63) is 0 Å². The van der Waals surface area contributed by atoms with Crippen LogP contribution < -0.4 is 0 Å². The zero-order valence-corrected chi connectivity index (χ0v) is 11.6. The Morgan fingerprint density at radius 1 is 1.24 bits per heavy atom. The molecule has 3 atom stereocenters. The van der Waals surface area contributed by atoms with Crippen molar-refractivity contribution in [3.8, 4) is 0 Å². The van der Waals surface area contributed by atoms with Gasteiger partial charge in [-0.15, -0.1) is 0 Å². The highest BCUT2D eigenvalue weighted by Gasteiger charge is 2.42. The van der Waals surface area contributed by atoms with Gasteiger partial charge in [0.1, 0.15) is 0 Å². The average Bonchev–Trinajstić information content (AvgIpc) is 2.74. The Bertz CT molecular complexity index is 357. The molecule has 0 radical (unpaired) electrons. The van der Waals surface area contributed by atoms with Crippen LogP contribution in [0, 0.1) is 11.8 Å². The summed E-state index contributed by atoms with van der Waals surface area (Å²) in [6, 6.07) is 0. The highest BCUT2D eigenvalue weighted by atomic mass is 32.2. The molecule has 2 rings (SSSR count). The van der Waals surface area contributed by atoms with Gasteiger partial charge in [-0.1, -0.05) is 0 Å². The van der Waals surface area contributed by atoms with Crippen molar-refractivity contribution < 1.29 is 13.2 Å². The fourth-order valence-corrected chi connectivity index (χ4v) is 4.66. The molecule has 100 valence electrons. The van der Waals surface area contributed by atoms with Crippen LogP contribution in [0.5, 0.6) is 0 Å². The summed E-state index contributed by atoms with van der Waals surface area (Å²) in [6.45, 7) is 5.22. The third kappa shape index (κ3) is 2.81. The molecule has 2 saturated heterocycles. The predicted octanol–water partition coefficient (Wildman–Crippen LogP) is -0.155. The van der Waals surface area contributed by atoms with E-state index in [0.717, 1.165) is 13.1 Å². The van der Waals surface area contributed by atoms with Gasteiger partial charge in [0.25, 0.3) is 0 Å². The highest BCUT2D eigenvalue weighted by molar-refractivity contribution is 7.89. The molecular formula is C11H22N2O3S. The van der Waals surface area contributed by atoms with Crippen molar-refractivity contribution in [1.29, 1.82) is 0 Å². The van der Waals surface area contributed by atoms with Gasteiger partial charge in [-0.3, -0.25) is 0 Å². The maximum absolute atomic E-state index is 12.1. The van der Waals surface area contributed by atoms with E-state index >= 15 is 0 Å². The van der Waals surface area contributed by atoms with Gasteiger partial charge in [0.05, 0.1) is 11.9 Å². The van der Waals surface area contributed by atoms with Crippen LogP contribution in [0.15, 0.2) is 0 Å². The van der Waals surface area contributed by atoms with Gasteiger partial charge in [-0.2, -0.15) is 0 Å². The van der Waals surface area contributed by atoms with Gasteiger partial charge < -0.3 is 9.64 Å². The molecule has 1 unspecified atom stereocenters. The topological polar surface area (TPSA) is 49.9 Å². The molecule has 17 heavy (non-hydrogen) atoms. The summed E-state index contributed by atoms with van der Waals surface area (Å²) in [5, 5.41) is 0. The average molecular weight is 262 g/mol. The maximum Gasteiger partial charge on any atom is 0.216 e. The molecule has 0 aromatic rings. The first-order valence-corrected chi connectivity index (χ1v) is 7.72. The predicted molar refractivity (Wildman–Crippen MR) is 66.3 cm³/mol. The van der Waals surface area contributed by atoms with E-state index in [1.165, 1.54) is 0 Å². The van der Waals surface area contributed by atoms with Crippen LogP contribution in [-0.2, 0) is 14.8 Å². The molecule has 2 aliphatic rings. The van der Waals surface area contributed by atoms with E-state index in [9.17, 15) is 8.42 Å². The third-order valence-electron chi connectivity index (χ3n) is 3.88. The number of hydrogen-bond acceptors (Lipinski definition) is 4. The summed E-state index contributed by atoms with van der Waals surface area (Å²) in [7, 11) is 0.510. The van der Waals surface area contributed by atoms with Crippen molar-refractivity contribution in [1.82, 2.24) is 9.21 Å². The molecule has 0 aromatic heterocycles. The maximum atomic E-state index is 12.1. The van der Waals surface area contributed by atoms with Crippen LogP contribution in [0.2, 0.25) is 0 Å². The first-order chi connectivity index (χ1) is 7.92. The number of fused-ring (bicyclic) bond motifs is 1. The lowest BCUT2D eigenvalue weighted by molar-refractivity contribution is 0.135. The molecule has 6 heteroatoms. The fraction of sp³-hybridized carbons (Fsp3) is 1.00. The summed E-state index contributed by atoms with van der Waals surface area (Å²) in [5.41, 5.74) is 0. The molecule has 2 aliphatic heterocycles. The van der Waals surface area contributed by atoms with E-state index in [1.54, 1.807) is 18.3 Å². The number of sulfonamides is 1. The van der Waals surface area contributed by atoms with E-state index in [0.29, 0.717) is 24.9 Å². The summed E-state index contributed by atoms with van der Waals surface area (Å²) >= 11 is 0. The Hall–Kier alpha value is -0.170. The molecule has 0 bridgehead atoms. The zero-order chi connectivity index (χ0) is 12.6. The molecule has 0 aliphatic carbocycles. The summed E-state index contributed by atoms with van der Waals surface area (Å²) < 4.78 is 31.0. The first kappa shape index (κ1) is 13.3. The van der Waals surface area contributed by atoms with Crippen molar-refractivity contribution >= 4 is 10.0 Å². The quantitative estimate of drug-likeness (QED) is 0.707. The van der Waals surface area contributed by atoms with Gasteiger partial charge in [0.2, 0.25) is 10.0 Å². The SMILES string of the molecule is COC(C)CS(=O)(=O)N1C[C@H]2CN(C)C[C@H]2C1. The Labute approximate surface area is 104 Å². The first-order valence-electron chi connectivity index (χ1n) is 6.11. The fourth-order valence-electron chi connectivity index (χ4n) is 2.88. The second-order valence-corrected chi connectivity index (χ2v) is 7.40. The van der Waals surface area contributed by atoms with Crippen molar-refractivity contribution in [3.63, 3.8) is 0 Å². The Morgan fingerprint density at radius 3 is 2.24 bits per heavy atom. The number of ether oxygens (including phenoxy) is 1. The largest absolute Gasteiger partial charge is 0.381 e. The van der Waals surface area contributed by atoms with Crippen molar-refractivity contribution in [2.45, 2.75) is 13.0 Å². The number of likely N-dealkylation sites (tertiary alicyclic amines) is 1. The number of methoxy groups -OCH3 is 1. The standard InChI is InChI=1S/C11H22N2O3S/c1-9(16-3)8-17(14,15)13-6-10-4-12(2)5-11(10)7-13/h9-11H,4-8H2,1-3H3/t9?,10-,11+.